The molecule has 0 fully saturated rings. The molecule has 0 radical (unpaired) electrons. The molecule has 2 aromatic rings. The van der Waals surface area contributed by atoms with Gasteiger partial charge in [-0.3, -0.25) is 0 Å². The van der Waals surface area contributed by atoms with Crippen molar-refractivity contribution in [1.82, 2.24) is 0 Å². The van der Waals surface area contributed by atoms with E-state index in [1.807, 2.05) is 48.5 Å². The molecule has 0 aliphatic rings. The van der Waals surface area contributed by atoms with Crippen LogP contribution in [0, 0.1) is 3.57 Å². The van der Waals surface area contributed by atoms with E-state index in [2.05, 4.69) is 22.6 Å². The average Bonchev–Trinajstić information content (AvgIpc) is 2.38. The van der Waals surface area contributed by atoms with Crippen molar-refractivity contribution in [3.8, 4) is 5.75 Å². The Morgan fingerprint density at radius 3 is 2.59 bits per heavy atom. The Kier molecular flexibility index (Phi) is 4.02. The Bertz CT molecular complexity index is 511. The van der Waals surface area contributed by atoms with Crippen molar-refractivity contribution in [3.05, 3.63) is 63.2 Å². The molecule has 2 rings (SSSR count). The summed E-state index contributed by atoms with van der Waals surface area (Å²) in [5, 5.41) is 10.3. The fourth-order valence-corrected chi connectivity index (χ4v) is 2.32. The van der Waals surface area contributed by atoms with Crippen molar-refractivity contribution >= 4 is 22.6 Å². The summed E-state index contributed by atoms with van der Waals surface area (Å²) in [7, 11) is 1.61. The van der Waals surface area contributed by atoms with Gasteiger partial charge < -0.3 is 9.84 Å². The summed E-state index contributed by atoms with van der Waals surface area (Å²) in [6.45, 7) is 0. The second kappa shape index (κ2) is 5.51. The number of hydrogen-bond acceptors (Lipinski definition) is 2. The van der Waals surface area contributed by atoms with E-state index in [1.54, 1.807) is 7.11 Å². The third-order valence-corrected chi connectivity index (χ3v) is 3.27. The topological polar surface area (TPSA) is 29.5 Å². The Morgan fingerprint density at radius 1 is 1.12 bits per heavy atom. The second-order valence-corrected chi connectivity index (χ2v) is 4.95. The lowest BCUT2D eigenvalue weighted by atomic mass is 10.0. The first-order valence-electron chi connectivity index (χ1n) is 5.29. The molecule has 2 aromatic carbocycles. The fourth-order valence-electron chi connectivity index (χ4n) is 1.75. The predicted octanol–water partition coefficient (Wildman–Crippen LogP) is 3.38. The molecule has 0 heterocycles. The largest absolute Gasteiger partial charge is 0.496 e. The molecule has 88 valence electrons. The molecule has 3 heteroatoms. The number of ether oxygens (including phenoxy) is 1. The Morgan fingerprint density at radius 2 is 1.88 bits per heavy atom. The first kappa shape index (κ1) is 12.4. The third kappa shape index (κ3) is 2.79. The van der Waals surface area contributed by atoms with Crippen LogP contribution in [0.5, 0.6) is 5.75 Å². The molecule has 17 heavy (non-hydrogen) atoms. The lowest BCUT2D eigenvalue weighted by Crippen LogP contribution is -2.02. The number of rotatable bonds is 3. The second-order valence-electron chi connectivity index (χ2n) is 3.70. The van der Waals surface area contributed by atoms with Crippen LogP contribution in [0.15, 0.2) is 48.5 Å². The van der Waals surface area contributed by atoms with Crippen LogP contribution in [0.2, 0.25) is 0 Å². The fraction of sp³-hybridized carbons (Fsp3) is 0.143. The van der Waals surface area contributed by atoms with E-state index >= 15 is 0 Å². The molecular weight excluding hydrogens is 327 g/mol. The molecule has 0 aromatic heterocycles. The van der Waals surface area contributed by atoms with Crippen molar-refractivity contribution in [2.45, 2.75) is 6.10 Å². The molecule has 1 unspecified atom stereocenters. The normalized spacial score (nSPS) is 12.2. The number of hydrogen-bond donors (Lipinski definition) is 1. The van der Waals surface area contributed by atoms with Gasteiger partial charge >= 0.3 is 0 Å². The highest BCUT2D eigenvalue weighted by Gasteiger charge is 2.14. The molecule has 1 atom stereocenters. The van der Waals surface area contributed by atoms with Crippen LogP contribution in [0.25, 0.3) is 0 Å². The van der Waals surface area contributed by atoms with Gasteiger partial charge in [-0.25, -0.2) is 0 Å². The monoisotopic (exact) mass is 340 g/mol. The van der Waals surface area contributed by atoms with E-state index < -0.39 is 6.10 Å². The van der Waals surface area contributed by atoms with Crippen LogP contribution in [0.4, 0.5) is 0 Å². The van der Waals surface area contributed by atoms with Gasteiger partial charge in [-0.05, 0) is 46.4 Å². The first-order chi connectivity index (χ1) is 8.22. The number of para-hydroxylation sites is 1. The van der Waals surface area contributed by atoms with Crippen LogP contribution in [-0.4, -0.2) is 12.2 Å². The van der Waals surface area contributed by atoms with Gasteiger partial charge in [0.1, 0.15) is 11.9 Å². The summed E-state index contributed by atoms with van der Waals surface area (Å²) in [5.41, 5.74) is 1.67. The van der Waals surface area contributed by atoms with Crippen LogP contribution in [-0.2, 0) is 0 Å². The van der Waals surface area contributed by atoms with Crippen LogP contribution in [0.3, 0.4) is 0 Å². The summed E-state index contributed by atoms with van der Waals surface area (Å²) in [5.74, 6) is 0.707. The first-order valence-corrected chi connectivity index (χ1v) is 6.36. The number of methoxy groups -OCH3 is 1. The van der Waals surface area contributed by atoms with E-state index in [4.69, 9.17) is 4.74 Å². The van der Waals surface area contributed by atoms with Gasteiger partial charge in [0, 0.05) is 9.13 Å². The summed E-state index contributed by atoms with van der Waals surface area (Å²) < 4.78 is 6.36. The maximum absolute atomic E-state index is 10.3. The van der Waals surface area contributed by atoms with Gasteiger partial charge in [0.25, 0.3) is 0 Å². The third-order valence-electron chi connectivity index (χ3n) is 2.60. The molecule has 0 saturated heterocycles. The van der Waals surface area contributed by atoms with Crippen molar-refractivity contribution in [2.75, 3.05) is 7.11 Å². The number of halogens is 1. The number of aliphatic hydroxyl groups excluding tert-OH is 1. The zero-order valence-corrected chi connectivity index (χ0v) is 11.6. The highest BCUT2D eigenvalue weighted by atomic mass is 127. The summed E-state index contributed by atoms with van der Waals surface area (Å²) >= 11 is 2.23. The predicted molar refractivity (Wildman–Crippen MR) is 76.2 cm³/mol. The van der Waals surface area contributed by atoms with Gasteiger partial charge in [0.15, 0.2) is 0 Å². The minimum absolute atomic E-state index is 0.652. The van der Waals surface area contributed by atoms with E-state index in [9.17, 15) is 5.11 Å². The van der Waals surface area contributed by atoms with Crippen molar-refractivity contribution in [3.63, 3.8) is 0 Å². The molecule has 0 aliphatic carbocycles. The van der Waals surface area contributed by atoms with E-state index in [0.29, 0.717) is 5.75 Å². The molecule has 0 aliphatic heterocycles. The maximum atomic E-state index is 10.3. The quantitative estimate of drug-likeness (QED) is 0.868. The molecular formula is C14H13IO2. The van der Waals surface area contributed by atoms with E-state index in [-0.39, 0.29) is 0 Å². The standard InChI is InChI=1S/C14H13IO2/c1-17-13-8-3-2-7-12(13)14(16)10-5-4-6-11(15)9-10/h2-9,14,16H,1H3. The number of aliphatic hydroxyl groups is 1. The molecule has 2 nitrogen and oxygen atoms in total. The molecule has 0 saturated carbocycles. The summed E-state index contributed by atoms with van der Waals surface area (Å²) in [6, 6.07) is 15.3. The smallest absolute Gasteiger partial charge is 0.125 e. The van der Waals surface area contributed by atoms with Gasteiger partial charge in [-0.15, -0.1) is 0 Å². The average molecular weight is 340 g/mol. The lowest BCUT2D eigenvalue weighted by molar-refractivity contribution is 0.214. The zero-order valence-electron chi connectivity index (χ0n) is 9.43. The van der Waals surface area contributed by atoms with Crippen molar-refractivity contribution < 1.29 is 9.84 Å². The zero-order chi connectivity index (χ0) is 12.3. The van der Waals surface area contributed by atoms with Crippen LogP contribution in [0.1, 0.15) is 17.2 Å². The van der Waals surface area contributed by atoms with Crippen LogP contribution < -0.4 is 4.74 Å². The van der Waals surface area contributed by atoms with Gasteiger partial charge in [0.2, 0.25) is 0 Å². The highest BCUT2D eigenvalue weighted by Crippen LogP contribution is 2.30. The molecule has 0 amide bonds. The maximum Gasteiger partial charge on any atom is 0.125 e. The lowest BCUT2D eigenvalue weighted by Gasteiger charge is -2.15. The van der Waals surface area contributed by atoms with Gasteiger partial charge in [-0.1, -0.05) is 30.3 Å². The Hall–Kier alpha value is -1.07. The molecule has 0 spiro atoms. The number of benzene rings is 2. The van der Waals surface area contributed by atoms with Gasteiger partial charge in [-0.2, -0.15) is 0 Å². The molecule has 0 bridgehead atoms. The van der Waals surface area contributed by atoms with E-state index in [1.165, 1.54) is 0 Å². The van der Waals surface area contributed by atoms with Gasteiger partial charge in [0.05, 0.1) is 7.11 Å². The Labute approximate surface area is 114 Å². The highest BCUT2D eigenvalue weighted by molar-refractivity contribution is 14.1. The molecule has 1 N–H and O–H groups in total. The van der Waals surface area contributed by atoms with Crippen molar-refractivity contribution in [1.29, 1.82) is 0 Å². The summed E-state index contributed by atoms with van der Waals surface area (Å²) in [4.78, 5) is 0. The minimum Gasteiger partial charge on any atom is -0.496 e. The Balaban J connectivity index is 2.40. The minimum atomic E-state index is -0.652. The van der Waals surface area contributed by atoms with Crippen LogP contribution >= 0.6 is 22.6 Å². The SMILES string of the molecule is COc1ccccc1C(O)c1cccc(I)c1. The van der Waals surface area contributed by atoms with E-state index in [0.717, 1.165) is 14.7 Å². The van der Waals surface area contributed by atoms with Crippen molar-refractivity contribution in [2.24, 2.45) is 0 Å². The summed E-state index contributed by atoms with van der Waals surface area (Å²) in [6.07, 6.45) is -0.652.